The number of aryl methyl sites for hydroxylation is 1. The summed E-state index contributed by atoms with van der Waals surface area (Å²) in [5.74, 6) is 0.0101. The van der Waals surface area contributed by atoms with Crippen LogP contribution in [0.2, 0.25) is 0 Å². The molecule has 0 spiro atoms. The summed E-state index contributed by atoms with van der Waals surface area (Å²) in [7, 11) is 0. The molecule has 1 rings (SSSR count). The molecule has 2 N–H and O–H groups in total. The zero-order valence-electron chi connectivity index (χ0n) is 12.9. The number of amides is 3. The molecule has 0 aliphatic heterocycles. The van der Waals surface area contributed by atoms with E-state index >= 15 is 0 Å². The second-order valence-electron chi connectivity index (χ2n) is 4.74. The van der Waals surface area contributed by atoms with Gasteiger partial charge in [0.1, 0.15) is 0 Å². The van der Waals surface area contributed by atoms with Crippen molar-refractivity contribution in [2.24, 2.45) is 0 Å². The van der Waals surface area contributed by atoms with Gasteiger partial charge in [-0.05, 0) is 25.8 Å². The van der Waals surface area contributed by atoms with Gasteiger partial charge in [0.15, 0.2) is 0 Å². The van der Waals surface area contributed by atoms with Crippen molar-refractivity contribution in [1.82, 2.24) is 15.5 Å². The third kappa shape index (κ3) is 6.79. The fourth-order valence-corrected chi connectivity index (χ4v) is 1.98. The first-order chi connectivity index (χ1) is 10.2. The zero-order chi connectivity index (χ0) is 15.5. The van der Waals surface area contributed by atoms with Crippen LogP contribution in [-0.2, 0) is 11.2 Å². The van der Waals surface area contributed by atoms with Crippen LogP contribution in [0.5, 0.6) is 0 Å². The summed E-state index contributed by atoms with van der Waals surface area (Å²) in [4.78, 5) is 25.0. The Hall–Kier alpha value is -2.04. The first-order valence-electron chi connectivity index (χ1n) is 7.50. The Kier molecular flexibility index (Phi) is 7.94. The topological polar surface area (TPSA) is 61.4 Å². The standard InChI is InChI=1S/C16H25N3O2/c1-3-19(4-2)16(21)18-13-12-17-15(20)11-10-14-8-6-5-7-9-14/h5-9H,3-4,10-13H2,1-2H3,(H,17,20)(H,18,21). The fraction of sp³-hybridized carbons (Fsp3) is 0.500. The van der Waals surface area contributed by atoms with E-state index in [0.717, 1.165) is 12.0 Å². The maximum atomic E-state index is 11.7. The lowest BCUT2D eigenvalue weighted by molar-refractivity contribution is -0.121. The summed E-state index contributed by atoms with van der Waals surface area (Å²) in [5.41, 5.74) is 1.16. The second kappa shape index (κ2) is 9.80. The summed E-state index contributed by atoms with van der Waals surface area (Å²) in [6, 6.07) is 9.84. The first kappa shape index (κ1) is 17.0. The summed E-state index contributed by atoms with van der Waals surface area (Å²) in [5, 5.41) is 5.60. The average Bonchev–Trinajstić information content (AvgIpc) is 2.52. The number of carbonyl (C=O) groups excluding carboxylic acids is 2. The van der Waals surface area contributed by atoms with Crippen molar-refractivity contribution in [3.05, 3.63) is 35.9 Å². The minimum atomic E-state index is -0.0847. The minimum Gasteiger partial charge on any atom is -0.354 e. The molecule has 0 unspecified atom stereocenters. The molecule has 0 radical (unpaired) electrons. The molecule has 0 aliphatic carbocycles. The quantitative estimate of drug-likeness (QED) is 0.717. The van der Waals surface area contributed by atoms with Crippen LogP contribution in [0.4, 0.5) is 4.79 Å². The van der Waals surface area contributed by atoms with Crippen molar-refractivity contribution >= 4 is 11.9 Å². The van der Waals surface area contributed by atoms with Crippen molar-refractivity contribution in [3.8, 4) is 0 Å². The van der Waals surface area contributed by atoms with E-state index in [9.17, 15) is 9.59 Å². The van der Waals surface area contributed by atoms with E-state index in [1.165, 1.54) is 0 Å². The Morgan fingerprint density at radius 3 is 2.24 bits per heavy atom. The van der Waals surface area contributed by atoms with E-state index in [1.54, 1.807) is 4.90 Å². The molecular formula is C16H25N3O2. The molecule has 1 aromatic carbocycles. The lowest BCUT2D eigenvalue weighted by Crippen LogP contribution is -2.42. The van der Waals surface area contributed by atoms with E-state index in [-0.39, 0.29) is 11.9 Å². The molecule has 5 heteroatoms. The van der Waals surface area contributed by atoms with Crippen molar-refractivity contribution < 1.29 is 9.59 Å². The summed E-state index contributed by atoms with van der Waals surface area (Å²) < 4.78 is 0. The zero-order valence-corrected chi connectivity index (χ0v) is 12.9. The summed E-state index contributed by atoms with van der Waals surface area (Å²) >= 11 is 0. The number of carbonyl (C=O) groups is 2. The van der Waals surface area contributed by atoms with Gasteiger partial charge >= 0.3 is 6.03 Å². The number of nitrogens with one attached hydrogen (secondary N) is 2. The Morgan fingerprint density at radius 1 is 1.00 bits per heavy atom. The third-order valence-electron chi connectivity index (χ3n) is 3.26. The molecule has 5 nitrogen and oxygen atoms in total. The molecule has 0 saturated carbocycles. The van der Waals surface area contributed by atoms with Gasteiger partial charge in [-0.25, -0.2) is 4.79 Å². The maximum absolute atomic E-state index is 11.7. The lowest BCUT2D eigenvalue weighted by atomic mass is 10.1. The van der Waals surface area contributed by atoms with Gasteiger partial charge in [0.25, 0.3) is 0 Å². The molecular weight excluding hydrogens is 266 g/mol. The number of hydrogen-bond donors (Lipinski definition) is 2. The molecule has 0 bridgehead atoms. The number of rotatable bonds is 8. The molecule has 0 atom stereocenters. The van der Waals surface area contributed by atoms with Gasteiger partial charge in [-0.15, -0.1) is 0 Å². The minimum absolute atomic E-state index is 0.0101. The van der Waals surface area contributed by atoms with Crippen LogP contribution < -0.4 is 10.6 Å². The molecule has 0 heterocycles. The van der Waals surface area contributed by atoms with E-state index in [1.807, 2.05) is 44.2 Å². The van der Waals surface area contributed by atoms with E-state index in [0.29, 0.717) is 32.6 Å². The van der Waals surface area contributed by atoms with Gasteiger partial charge in [0.05, 0.1) is 0 Å². The second-order valence-corrected chi connectivity index (χ2v) is 4.74. The van der Waals surface area contributed by atoms with E-state index < -0.39 is 0 Å². The van der Waals surface area contributed by atoms with Crippen LogP contribution in [-0.4, -0.2) is 43.0 Å². The molecule has 116 valence electrons. The van der Waals surface area contributed by atoms with E-state index in [4.69, 9.17) is 0 Å². The maximum Gasteiger partial charge on any atom is 0.317 e. The Balaban J connectivity index is 2.12. The summed E-state index contributed by atoms with van der Waals surface area (Å²) in [6.07, 6.45) is 1.20. The van der Waals surface area contributed by atoms with Crippen LogP contribution in [0.25, 0.3) is 0 Å². The fourth-order valence-electron chi connectivity index (χ4n) is 1.98. The molecule has 0 saturated heterocycles. The molecule has 0 fully saturated rings. The van der Waals surface area contributed by atoms with Crippen LogP contribution in [0.15, 0.2) is 30.3 Å². The Bertz CT molecular complexity index is 430. The van der Waals surface area contributed by atoms with Gasteiger partial charge in [0.2, 0.25) is 5.91 Å². The monoisotopic (exact) mass is 291 g/mol. The SMILES string of the molecule is CCN(CC)C(=O)NCCNC(=O)CCc1ccccc1. The van der Waals surface area contributed by atoms with Gasteiger partial charge in [-0.2, -0.15) is 0 Å². The van der Waals surface area contributed by atoms with Crippen molar-refractivity contribution in [2.45, 2.75) is 26.7 Å². The van der Waals surface area contributed by atoms with Gasteiger partial charge in [0, 0.05) is 32.6 Å². The molecule has 0 aromatic heterocycles. The normalized spacial score (nSPS) is 10.0. The highest BCUT2D eigenvalue weighted by atomic mass is 16.2. The lowest BCUT2D eigenvalue weighted by Gasteiger charge is -2.19. The average molecular weight is 291 g/mol. The van der Waals surface area contributed by atoms with Gasteiger partial charge < -0.3 is 15.5 Å². The highest BCUT2D eigenvalue weighted by Crippen LogP contribution is 2.01. The number of hydrogen-bond acceptors (Lipinski definition) is 2. The van der Waals surface area contributed by atoms with Crippen molar-refractivity contribution in [2.75, 3.05) is 26.2 Å². The highest BCUT2D eigenvalue weighted by molar-refractivity contribution is 5.76. The van der Waals surface area contributed by atoms with E-state index in [2.05, 4.69) is 10.6 Å². The largest absolute Gasteiger partial charge is 0.354 e. The van der Waals surface area contributed by atoms with Crippen LogP contribution in [0.3, 0.4) is 0 Å². The van der Waals surface area contributed by atoms with Crippen molar-refractivity contribution in [1.29, 1.82) is 0 Å². The molecule has 21 heavy (non-hydrogen) atoms. The number of urea groups is 1. The smallest absolute Gasteiger partial charge is 0.317 e. The Labute approximate surface area is 126 Å². The van der Waals surface area contributed by atoms with Crippen LogP contribution >= 0.6 is 0 Å². The third-order valence-corrected chi connectivity index (χ3v) is 3.26. The first-order valence-corrected chi connectivity index (χ1v) is 7.50. The number of benzene rings is 1. The summed E-state index contributed by atoms with van der Waals surface area (Å²) in [6.45, 7) is 6.16. The molecule has 1 aromatic rings. The molecule has 0 aliphatic rings. The van der Waals surface area contributed by atoms with Gasteiger partial charge in [-0.3, -0.25) is 4.79 Å². The molecule has 3 amide bonds. The van der Waals surface area contributed by atoms with Crippen LogP contribution in [0.1, 0.15) is 25.8 Å². The highest BCUT2D eigenvalue weighted by Gasteiger charge is 2.07. The van der Waals surface area contributed by atoms with Crippen LogP contribution in [0, 0.1) is 0 Å². The Morgan fingerprint density at radius 2 is 1.62 bits per heavy atom. The van der Waals surface area contributed by atoms with Crippen molar-refractivity contribution in [3.63, 3.8) is 0 Å². The predicted octanol–water partition coefficient (Wildman–Crippen LogP) is 1.79. The predicted molar refractivity (Wildman–Crippen MR) is 84.1 cm³/mol. The number of nitrogens with zero attached hydrogens (tertiary/aromatic N) is 1. The van der Waals surface area contributed by atoms with Gasteiger partial charge in [-0.1, -0.05) is 30.3 Å².